The molecule has 0 fully saturated rings. The Morgan fingerprint density at radius 1 is 1.67 bits per heavy atom. The van der Waals surface area contributed by atoms with Gasteiger partial charge in [-0.15, -0.1) is 0 Å². The summed E-state index contributed by atoms with van der Waals surface area (Å²) in [5.41, 5.74) is 0.662. The van der Waals surface area contributed by atoms with Gasteiger partial charge in [-0.25, -0.2) is 4.98 Å². The van der Waals surface area contributed by atoms with Gasteiger partial charge in [0, 0.05) is 30.3 Å². The molecule has 0 saturated carbocycles. The Kier molecular flexibility index (Phi) is 5.23. The van der Waals surface area contributed by atoms with Crippen molar-refractivity contribution in [2.75, 3.05) is 5.75 Å². The third-order valence-corrected chi connectivity index (χ3v) is 2.52. The summed E-state index contributed by atoms with van der Waals surface area (Å²) in [6.45, 7) is 1.55. The molecule has 78 valence electrons. The predicted molar refractivity (Wildman–Crippen MR) is 63.9 cm³/mol. The third-order valence-electron chi connectivity index (χ3n) is 1.47. The highest BCUT2D eigenvalue weighted by molar-refractivity contribution is 8.13. The number of nitrogens with zero attached hydrogens (tertiary/aromatic N) is 1. The van der Waals surface area contributed by atoms with Gasteiger partial charge in [-0.05, 0) is 18.1 Å². The normalized spacial score (nSPS) is 9.20. The van der Waals surface area contributed by atoms with E-state index in [9.17, 15) is 4.79 Å². The first-order valence-corrected chi connectivity index (χ1v) is 5.78. The molecule has 1 heterocycles. The molecule has 15 heavy (non-hydrogen) atoms. The van der Waals surface area contributed by atoms with E-state index in [0.29, 0.717) is 17.1 Å². The van der Waals surface area contributed by atoms with Crippen LogP contribution in [0.15, 0.2) is 18.3 Å². The third kappa shape index (κ3) is 5.46. The zero-order valence-electron chi connectivity index (χ0n) is 8.29. The molecule has 1 rings (SSSR count). The van der Waals surface area contributed by atoms with E-state index in [4.69, 9.17) is 11.6 Å². The first-order valence-electron chi connectivity index (χ1n) is 4.42. The molecule has 0 atom stereocenters. The second kappa shape index (κ2) is 6.49. The highest BCUT2D eigenvalue weighted by Crippen LogP contribution is 2.07. The fourth-order valence-corrected chi connectivity index (χ4v) is 1.52. The Hall–Kier alpha value is -0.980. The molecule has 0 spiro atoms. The lowest BCUT2D eigenvalue weighted by molar-refractivity contribution is -0.109. The predicted octanol–water partition coefficient (Wildman–Crippen LogP) is 2.76. The van der Waals surface area contributed by atoms with Crippen molar-refractivity contribution in [2.45, 2.75) is 13.3 Å². The van der Waals surface area contributed by atoms with Crippen molar-refractivity contribution in [3.63, 3.8) is 0 Å². The lowest BCUT2D eigenvalue weighted by Gasteiger charge is -1.90. The van der Waals surface area contributed by atoms with Crippen molar-refractivity contribution in [1.29, 1.82) is 0 Å². The molecule has 4 heteroatoms. The number of carbonyl (C=O) groups excluding carboxylic acids is 1. The number of carbonyl (C=O) groups is 1. The van der Waals surface area contributed by atoms with Crippen LogP contribution in [0.25, 0.3) is 0 Å². The molecule has 0 saturated heterocycles. The van der Waals surface area contributed by atoms with Gasteiger partial charge in [0.2, 0.25) is 0 Å². The Labute approximate surface area is 98.4 Å². The highest BCUT2D eigenvalue weighted by atomic mass is 35.5. The molecule has 0 amide bonds. The van der Waals surface area contributed by atoms with Crippen LogP contribution >= 0.6 is 23.4 Å². The number of halogens is 1. The fourth-order valence-electron chi connectivity index (χ4n) is 0.872. The lowest BCUT2D eigenvalue weighted by atomic mass is 10.3. The van der Waals surface area contributed by atoms with E-state index < -0.39 is 0 Å². The maximum absolute atomic E-state index is 10.6. The molecular weight excluding hydrogens is 230 g/mol. The Balaban J connectivity index is 2.41. The summed E-state index contributed by atoms with van der Waals surface area (Å²) in [6, 6.07) is 3.42. The van der Waals surface area contributed by atoms with Crippen LogP contribution < -0.4 is 0 Å². The quantitative estimate of drug-likeness (QED) is 0.587. The monoisotopic (exact) mass is 239 g/mol. The van der Waals surface area contributed by atoms with Gasteiger partial charge in [0.1, 0.15) is 5.69 Å². The van der Waals surface area contributed by atoms with Gasteiger partial charge in [-0.2, -0.15) is 0 Å². The van der Waals surface area contributed by atoms with Gasteiger partial charge >= 0.3 is 0 Å². The molecule has 0 aliphatic rings. The van der Waals surface area contributed by atoms with Crippen LogP contribution in [0.5, 0.6) is 0 Å². The van der Waals surface area contributed by atoms with Crippen LogP contribution in [0.2, 0.25) is 5.02 Å². The van der Waals surface area contributed by atoms with Gasteiger partial charge in [0.15, 0.2) is 5.12 Å². The van der Waals surface area contributed by atoms with Crippen LogP contribution in [0, 0.1) is 11.8 Å². The minimum absolute atomic E-state index is 0.123. The second-order valence-electron chi connectivity index (χ2n) is 2.75. The van der Waals surface area contributed by atoms with Gasteiger partial charge in [-0.3, -0.25) is 4.79 Å². The number of thioether (sulfide) groups is 1. The molecule has 2 nitrogen and oxygen atoms in total. The molecule has 0 aliphatic heterocycles. The zero-order valence-corrected chi connectivity index (χ0v) is 9.86. The average Bonchev–Trinajstić information content (AvgIpc) is 2.17. The molecule has 0 radical (unpaired) electrons. The van der Waals surface area contributed by atoms with Crippen molar-refractivity contribution in [3.05, 3.63) is 29.0 Å². The topological polar surface area (TPSA) is 30.0 Å². The molecule has 1 aromatic rings. The molecule has 0 bridgehead atoms. The van der Waals surface area contributed by atoms with Crippen LogP contribution in [0.3, 0.4) is 0 Å². The summed E-state index contributed by atoms with van der Waals surface area (Å²) in [4.78, 5) is 14.6. The highest BCUT2D eigenvalue weighted by Gasteiger charge is 1.92. The Morgan fingerprint density at radius 2 is 2.47 bits per heavy atom. The summed E-state index contributed by atoms with van der Waals surface area (Å²) in [6.07, 6.45) is 2.30. The van der Waals surface area contributed by atoms with Crippen molar-refractivity contribution in [1.82, 2.24) is 4.98 Å². The molecular formula is C11H10ClNOS. The van der Waals surface area contributed by atoms with Crippen LogP contribution in [0.1, 0.15) is 19.0 Å². The number of pyridine rings is 1. The first-order chi connectivity index (χ1) is 7.18. The van der Waals surface area contributed by atoms with E-state index in [-0.39, 0.29) is 5.12 Å². The Morgan fingerprint density at radius 3 is 3.13 bits per heavy atom. The summed E-state index contributed by atoms with van der Waals surface area (Å²) in [5, 5.41) is 0.755. The number of aromatic nitrogens is 1. The van der Waals surface area contributed by atoms with Crippen molar-refractivity contribution < 1.29 is 4.79 Å². The van der Waals surface area contributed by atoms with Crippen LogP contribution in [0.4, 0.5) is 0 Å². The molecule has 1 aromatic heterocycles. The second-order valence-corrected chi connectivity index (χ2v) is 4.46. The van der Waals surface area contributed by atoms with E-state index in [0.717, 1.165) is 5.75 Å². The zero-order chi connectivity index (χ0) is 11.1. The molecule has 0 aromatic carbocycles. The van der Waals surface area contributed by atoms with Crippen molar-refractivity contribution in [3.8, 4) is 11.8 Å². The van der Waals surface area contributed by atoms with Crippen LogP contribution in [-0.4, -0.2) is 15.9 Å². The standard InChI is InChI=1S/C11H10ClNOS/c1-9(14)15-7-3-2-4-11-8-10(12)5-6-13-11/h5-6,8H,3,7H2,1H3. The molecule has 0 N–H and O–H groups in total. The minimum atomic E-state index is 0.123. The van der Waals surface area contributed by atoms with Gasteiger partial charge in [0.05, 0.1) is 0 Å². The smallest absolute Gasteiger partial charge is 0.185 e. The minimum Gasteiger partial charge on any atom is -0.288 e. The molecule has 0 unspecified atom stereocenters. The van der Waals surface area contributed by atoms with E-state index in [1.807, 2.05) is 0 Å². The lowest BCUT2D eigenvalue weighted by Crippen LogP contribution is -1.84. The van der Waals surface area contributed by atoms with Gasteiger partial charge in [-0.1, -0.05) is 29.3 Å². The average molecular weight is 240 g/mol. The number of rotatable bonds is 2. The maximum atomic E-state index is 10.6. The summed E-state index contributed by atoms with van der Waals surface area (Å²) in [5.74, 6) is 6.55. The van der Waals surface area contributed by atoms with Crippen LogP contribution in [-0.2, 0) is 4.79 Å². The first kappa shape index (κ1) is 12.1. The van der Waals surface area contributed by atoms with Gasteiger partial charge in [0.25, 0.3) is 0 Å². The van der Waals surface area contributed by atoms with E-state index in [2.05, 4.69) is 16.8 Å². The van der Waals surface area contributed by atoms with E-state index >= 15 is 0 Å². The van der Waals surface area contributed by atoms with E-state index in [1.54, 1.807) is 25.3 Å². The maximum Gasteiger partial charge on any atom is 0.185 e. The number of hydrogen-bond acceptors (Lipinski definition) is 3. The molecule has 0 aliphatic carbocycles. The summed E-state index contributed by atoms with van der Waals surface area (Å²) >= 11 is 7.05. The number of hydrogen-bond donors (Lipinski definition) is 0. The van der Waals surface area contributed by atoms with Gasteiger partial charge < -0.3 is 0 Å². The summed E-state index contributed by atoms with van der Waals surface area (Å²) in [7, 11) is 0. The Bertz CT molecular complexity index is 409. The fraction of sp³-hybridized carbons (Fsp3) is 0.273. The largest absolute Gasteiger partial charge is 0.288 e. The summed E-state index contributed by atoms with van der Waals surface area (Å²) < 4.78 is 0. The van der Waals surface area contributed by atoms with Crippen molar-refractivity contribution in [2.24, 2.45) is 0 Å². The van der Waals surface area contributed by atoms with E-state index in [1.165, 1.54) is 11.8 Å². The SMILES string of the molecule is CC(=O)SCCC#Cc1cc(Cl)ccn1. The van der Waals surface area contributed by atoms with Crippen molar-refractivity contribution >= 4 is 28.5 Å².